The van der Waals surface area contributed by atoms with Crippen LogP contribution in [0.3, 0.4) is 0 Å². The first kappa shape index (κ1) is 22.1. The second-order valence-electron chi connectivity index (χ2n) is 10.2. The van der Waals surface area contributed by atoms with E-state index < -0.39 is 0 Å². The summed E-state index contributed by atoms with van der Waals surface area (Å²) in [5.74, 6) is 0. The van der Waals surface area contributed by atoms with E-state index in [1.54, 1.807) is 0 Å². The molecule has 0 unspecified atom stereocenters. The number of hydrogen-bond acceptors (Lipinski definition) is 1. The second kappa shape index (κ2) is 8.82. The minimum absolute atomic E-state index is 0.0973. The van der Waals surface area contributed by atoms with Gasteiger partial charge >= 0.3 is 6.03 Å². The van der Waals surface area contributed by atoms with E-state index >= 15 is 0 Å². The van der Waals surface area contributed by atoms with Crippen LogP contribution in [0.1, 0.15) is 57.2 Å². The molecule has 2 amide bonds. The summed E-state index contributed by atoms with van der Waals surface area (Å²) in [4.78, 5) is 15.3. The predicted molar refractivity (Wildman–Crippen MR) is 135 cm³/mol. The molecule has 3 aromatic carbocycles. The van der Waals surface area contributed by atoms with Crippen molar-refractivity contribution in [3.8, 4) is 0 Å². The van der Waals surface area contributed by atoms with Crippen molar-refractivity contribution in [1.29, 1.82) is 0 Å². The van der Waals surface area contributed by atoms with E-state index in [4.69, 9.17) is 0 Å². The first-order valence-electron chi connectivity index (χ1n) is 11.6. The minimum Gasteiger partial charge on any atom is -0.308 e. The summed E-state index contributed by atoms with van der Waals surface area (Å²) in [5, 5.41) is 3.08. The van der Waals surface area contributed by atoms with Crippen LogP contribution in [-0.4, -0.2) is 12.6 Å². The molecule has 3 nitrogen and oxygen atoms in total. The van der Waals surface area contributed by atoms with Crippen molar-refractivity contribution in [2.45, 2.75) is 57.8 Å². The lowest BCUT2D eigenvalue weighted by molar-refractivity contribution is 0.257. The van der Waals surface area contributed by atoms with Crippen molar-refractivity contribution >= 4 is 17.4 Å². The van der Waals surface area contributed by atoms with Crippen LogP contribution >= 0.6 is 0 Å². The molecule has 0 saturated carbocycles. The molecular formula is C29H34N2O. The summed E-state index contributed by atoms with van der Waals surface area (Å²) in [6.45, 7) is 9.92. The average Bonchev–Trinajstić information content (AvgIpc) is 2.78. The van der Waals surface area contributed by atoms with E-state index in [1.807, 2.05) is 53.4 Å². The first-order valence-corrected chi connectivity index (χ1v) is 11.6. The van der Waals surface area contributed by atoms with E-state index in [0.29, 0.717) is 6.54 Å². The number of benzene rings is 3. The van der Waals surface area contributed by atoms with Gasteiger partial charge in [-0.15, -0.1) is 0 Å². The molecule has 3 heteroatoms. The van der Waals surface area contributed by atoms with Gasteiger partial charge in [0.2, 0.25) is 0 Å². The Morgan fingerprint density at radius 1 is 0.812 bits per heavy atom. The molecule has 0 radical (unpaired) electrons. The minimum atomic E-state index is -0.0973. The van der Waals surface area contributed by atoms with Crippen molar-refractivity contribution in [1.82, 2.24) is 0 Å². The fourth-order valence-corrected chi connectivity index (χ4v) is 4.69. The van der Waals surface area contributed by atoms with E-state index in [2.05, 4.69) is 63.3 Å². The molecule has 0 fully saturated rings. The Bertz CT molecular complexity index is 1070. The maximum absolute atomic E-state index is 13.4. The molecule has 4 rings (SSSR count). The van der Waals surface area contributed by atoms with E-state index in [1.165, 1.54) is 23.1 Å². The van der Waals surface area contributed by atoms with Gasteiger partial charge in [-0.3, -0.25) is 4.90 Å². The van der Waals surface area contributed by atoms with Gasteiger partial charge in [0.1, 0.15) is 0 Å². The lowest BCUT2D eigenvalue weighted by Crippen LogP contribution is -2.38. The Balaban J connectivity index is 1.68. The van der Waals surface area contributed by atoms with Gasteiger partial charge in [0.05, 0.1) is 0 Å². The molecule has 1 N–H and O–H groups in total. The Morgan fingerprint density at radius 3 is 2.06 bits per heavy atom. The molecule has 0 spiro atoms. The van der Waals surface area contributed by atoms with Crippen molar-refractivity contribution in [3.05, 3.63) is 95.6 Å². The zero-order valence-electron chi connectivity index (χ0n) is 19.7. The smallest absolute Gasteiger partial charge is 0.308 e. The van der Waals surface area contributed by atoms with Crippen LogP contribution < -0.4 is 10.2 Å². The summed E-state index contributed by atoms with van der Waals surface area (Å²) < 4.78 is 0. The van der Waals surface area contributed by atoms with Crippen LogP contribution in [0.15, 0.2) is 78.9 Å². The third kappa shape index (κ3) is 4.72. The highest BCUT2D eigenvalue weighted by Gasteiger charge is 2.37. The SMILES string of the molecule is CC1(C)CCC(C)(C)c2cc(N(CCc3ccccc3)C(=O)Nc3ccccc3)ccc21. The second-order valence-corrected chi connectivity index (χ2v) is 10.2. The van der Waals surface area contributed by atoms with Gasteiger partial charge in [-0.25, -0.2) is 4.79 Å². The molecule has 0 bridgehead atoms. The third-order valence-electron chi connectivity index (χ3n) is 6.89. The fourth-order valence-electron chi connectivity index (χ4n) is 4.69. The number of carbonyl (C=O) groups excluding carboxylic acids is 1. The largest absolute Gasteiger partial charge is 0.326 e. The van der Waals surface area contributed by atoms with Crippen LogP contribution in [0.2, 0.25) is 0 Å². The number of hydrogen-bond donors (Lipinski definition) is 1. The van der Waals surface area contributed by atoms with Crippen LogP contribution in [-0.2, 0) is 17.3 Å². The highest BCUT2D eigenvalue weighted by molar-refractivity contribution is 6.01. The molecule has 0 saturated heterocycles. The van der Waals surface area contributed by atoms with Gasteiger partial charge in [0, 0.05) is 17.9 Å². The van der Waals surface area contributed by atoms with Gasteiger partial charge in [-0.1, -0.05) is 82.3 Å². The van der Waals surface area contributed by atoms with Crippen LogP contribution in [0, 0.1) is 0 Å². The lowest BCUT2D eigenvalue weighted by Gasteiger charge is -2.42. The maximum atomic E-state index is 13.4. The number of rotatable bonds is 5. The first-order chi connectivity index (χ1) is 15.3. The zero-order chi connectivity index (χ0) is 22.8. The van der Waals surface area contributed by atoms with Gasteiger partial charge in [-0.2, -0.15) is 0 Å². The highest BCUT2D eigenvalue weighted by atomic mass is 16.2. The molecule has 166 valence electrons. The van der Waals surface area contributed by atoms with Crippen molar-refractivity contribution < 1.29 is 4.79 Å². The number of para-hydroxylation sites is 1. The standard InChI is InChI=1S/C29H34N2O/c1-28(2)18-19-29(3,4)26-21-24(15-16-25(26)28)31(20-17-22-11-7-5-8-12-22)27(32)30-23-13-9-6-10-14-23/h5-16,21H,17-20H2,1-4H3,(H,30,32). The monoisotopic (exact) mass is 426 g/mol. The normalized spacial score (nSPS) is 16.1. The lowest BCUT2D eigenvalue weighted by atomic mass is 9.63. The molecule has 1 aliphatic carbocycles. The van der Waals surface area contributed by atoms with E-state index in [-0.39, 0.29) is 16.9 Å². The number of nitrogens with one attached hydrogen (secondary N) is 1. The molecule has 32 heavy (non-hydrogen) atoms. The number of carbonyl (C=O) groups is 1. The maximum Gasteiger partial charge on any atom is 0.326 e. The molecule has 3 aromatic rings. The summed E-state index contributed by atoms with van der Waals surface area (Å²) in [6, 6.07) is 26.6. The zero-order valence-corrected chi connectivity index (χ0v) is 19.7. The topological polar surface area (TPSA) is 32.3 Å². The molecular weight excluding hydrogens is 392 g/mol. The van der Waals surface area contributed by atoms with Gasteiger partial charge in [0.15, 0.2) is 0 Å². The Morgan fingerprint density at radius 2 is 1.41 bits per heavy atom. The van der Waals surface area contributed by atoms with Crippen molar-refractivity contribution in [2.75, 3.05) is 16.8 Å². The summed E-state index contributed by atoms with van der Waals surface area (Å²) in [6.07, 6.45) is 3.13. The Hall–Kier alpha value is -3.07. The molecule has 1 aliphatic rings. The number of urea groups is 1. The van der Waals surface area contributed by atoms with E-state index in [0.717, 1.165) is 24.2 Å². The van der Waals surface area contributed by atoms with Crippen LogP contribution in [0.4, 0.5) is 16.2 Å². The highest BCUT2D eigenvalue weighted by Crippen LogP contribution is 2.46. The molecule has 0 atom stereocenters. The number of fused-ring (bicyclic) bond motifs is 1. The Kier molecular flexibility index (Phi) is 6.10. The average molecular weight is 427 g/mol. The van der Waals surface area contributed by atoms with Gasteiger partial charge in [-0.05, 0) is 71.0 Å². The quantitative estimate of drug-likeness (QED) is 0.455. The molecule has 0 heterocycles. The summed E-state index contributed by atoms with van der Waals surface area (Å²) in [5.41, 5.74) is 6.02. The van der Waals surface area contributed by atoms with Gasteiger partial charge < -0.3 is 5.32 Å². The van der Waals surface area contributed by atoms with Crippen molar-refractivity contribution in [2.24, 2.45) is 0 Å². The Labute approximate surface area is 192 Å². The van der Waals surface area contributed by atoms with E-state index in [9.17, 15) is 4.79 Å². The van der Waals surface area contributed by atoms with Crippen molar-refractivity contribution in [3.63, 3.8) is 0 Å². The molecule has 0 aromatic heterocycles. The molecule has 0 aliphatic heterocycles. The number of nitrogens with zero attached hydrogens (tertiary/aromatic N) is 1. The van der Waals surface area contributed by atoms with Crippen LogP contribution in [0.5, 0.6) is 0 Å². The fraction of sp³-hybridized carbons (Fsp3) is 0.345. The third-order valence-corrected chi connectivity index (χ3v) is 6.89. The van der Waals surface area contributed by atoms with Gasteiger partial charge in [0.25, 0.3) is 0 Å². The van der Waals surface area contributed by atoms with Crippen LogP contribution in [0.25, 0.3) is 0 Å². The summed E-state index contributed by atoms with van der Waals surface area (Å²) >= 11 is 0. The number of anilines is 2. The predicted octanol–water partition coefficient (Wildman–Crippen LogP) is 7.32. The summed E-state index contributed by atoms with van der Waals surface area (Å²) in [7, 11) is 0. The number of amides is 2.